The predicted octanol–water partition coefficient (Wildman–Crippen LogP) is 4.74. The highest BCUT2D eigenvalue weighted by molar-refractivity contribution is 7.98. The van der Waals surface area contributed by atoms with E-state index in [4.69, 9.17) is 11.6 Å². The van der Waals surface area contributed by atoms with Crippen LogP contribution in [0.15, 0.2) is 24.3 Å². The summed E-state index contributed by atoms with van der Waals surface area (Å²) >= 11 is 8.11. The van der Waals surface area contributed by atoms with Crippen LogP contribution in [0.5, 0.6) is 0 Å². The molecular weight excluding hydrogens is 274 g/mol. The second-order valence-electron chi connectivity index (χ2n) is 5.47. The van der Waals surface area contributed by atoms with Crippen LogP contribution in [0.3, 0.4) is 0 Å². The molecule has 0 aliphatic heterocycles. The molecule has 1 aromatic carbocycles. The smallest absolute Gasteiger partial charge is 0.0446 e. The minimum atomic E-state index is 0.745. The van der Waals surface area contributed by atoms with E-state index in [-0.39, 0.29) is 0 Å². The second kappa shape index (κ2) is 8.18. The van der Waals surface area contributed by atoms with E-state index in [0.717, 1.165) is 35.0 Å². The van der Waals surface area contributed by atoms with Crippen molar-refractivity contribution in [3.63, 3.8) is 0 Å². The van der Waals surface area contributed by atoms with Gasteiger partial charge in [0.25, 0.3) is 0 Å². The van der Waals surface area contributed by atoms with Crippen LogP contribution >= 0.6 is 23.4 Å². The molecule has 1 aliphatic rings. The number of hydrogen-bond donors (Lipinski definition) is 1. The summed E-state index contributed by atoms with van der Waals surface area (Å²) in [6.45, 7) is 3.50. The summed E-state index contributed by atoms with van der Waals surface area (Å²) in [4.78, 5) is 0. The molecule has 1 fully saturated rings. The van der Waals surface area contributed by atoms with Crippen LogP contribution in [0.1, 0.15) is 38.2 Å². The van der Waals surface area contributed by atoms with Crippen molar-refractivity contribution in [3.05, 3.63) is 34.9 Å². The molecule has 1 saturated carbocycles. The van der Waals surface area contributed by atoms with E-state index >= 15 is 0 Å². The van der Waals surface area contributed by atoms with Gasteiger partial charge in [0.05, 0.1) is 0 Å². The number of nitrogens with one attached hydrogen (secondary N) is 1. The van der Waals surface area contributed by atoms with Crippen molar-refractivity contribution in [3.8, 4) is 0 Å². The van der Waals surface area contributed by atoms with Gasteiger partial charge in [-0.1, -0.05) is 49.6 Å². The Morgan fingerprint density at radius 3 is 2.84 bits per heavy atom. The van der Waals surface area contributed by atoms with Crippen molar-refractivity contribution >= 4 is 23.4 Å². The van der Waals surface area contributed by atoms with E-state index in [1.165, 1.54) is 31.2 Å². The zero-order chi connectivity index (χ0) is 13.5. The van der Waals surface area contributed by atoms with E-state index in [1.807, 2.05) is 23.9 Å². The highest BCUT2D eigenvalue weighted by Crippen LogP contribution is 2.24. The van der Waals surface area contributed by atoms with Gasteiger partial charge < -0.3 is 5.32 Å². The molecule has 0 spiro atoms. The Morgan fingerprint density at radius 1 is 1.26 bits per heavy atom. The SMILES string of the molecule is CC1CCCCC1NCCSCc1ccccc1Cl. The van der Waals surface area contributed by atoms with Crippen molar-refractivity contribution in [2.24, 2.45) is 5.92 Å². The van der Waals surface area contributed by atoms with E-state index in [2.05, 4.69) is 24.4 Å². The third kappa shape index (κ3) is 5.02. The summed E-state index contributed by atoms with van der Waals surface area (Å²) in [5, 5.41) is 4.61. The minimum absolute atomic E-state index is 0.745. The van der Waals surface area contributed by atoms with Crippen LogP contribution in [0.2, 0.25) is 5.02 Å². The number of hydrogen-bond acceptors (Lipinski definition) is 2. The molecule has 2 atom stereocenters. The zero-order valence-electron chi connectivity index (χ0n) is 11.7. The molecule has 0 saturated heterocycles. The molecule has 0 radical (unpaired) electrons. The van der Waals surface area contributed by atoms with Gasteiger partial charge in [0.2, 0.25) is 0 Å². The van der Waals surface area contributed by atoms with Crippen molar-refractivity contribution in [1.29, 1.82) is 0 Å². The van der Waals surface area contributed by atoms with Crippen LogP contribution in [-0.2, 0) is 5.75 Å². The quantitative estimate of drug-likeness (QED) is 0.761. The highest BCUT2D eigenvalue weighted by atomic mass is 35.5. The first-order valence-corrected chi connectivity index (χ1v) is 8.85. The third-order valence-corrected chi connectivity index (χ3v) is 5.36. The third-order valence-electron chi connectivity index (χ3n) is 3.98. The molecular formula is C16H24ClNS. The summed E-state index contributed by atoms with van der Waals surface area (Å²) in [6.07, 6.45) is 5.57. The normalized spacial score (nSPS) is 23.5. The minimum Gasteiger partial charge on any atom is -0.313 e. The van der Waals surface area contributed by atoms with Gasteiger partial charge in [0.15, 0.2) is 0 Å². The summed E-state index contributed by atoms with van der Waals surface area (Å²) in [5.74, 6) is 3.03. The van der Waals surface area contributed by atoms with Crippen LogP contribution < -0.4 is 5.32 Å². The van der Waals surface area contributed by atoms with Crippen LogP contribution in [0, 0.1) is 5.92 Å². The molecule has 1 N–H and O–H groups in total. The Kier molecular flexibility index (Phi) is 6.55. The molecule has 1 aromatic rings. The van der Waals surface area contributed by atoms with Gasteiger partial charge in [-0.25, -0.2) is 0 Å². The molecule has 19 heavy (non-hydrogen) atoms. The molecule has 2 unspecified atom stereocenters. The highest BCUT2D eigenvalue weighted by Gasteiger charge is 2.19. The zero-order valence-corrected chi connectivity index (χ0v) is 13.3. The Bertz CT molecular complexity index is 383. The van der Waals surface area contributed by atoms with Gasteiger partial charge in [-0.2, -0.15) is 11.8 Å². The molecule has 2 rings (SSSR count). The molecule has 1 nitrogen and oxygen atoms in total. The van der Waals surface area contributed by atoms with E-state index < -0.39 is 0 Å². The van der Waals surface area contributed by atoms with Crippen molar-refractivity contribution < 1.29 is 0 Å². The number of thioether (sulfide) groups is 1. The van der Waals surface area contributed by atoms with Crippen LogP contribution in [0.4, 0.5) is 0 Å². The lowest BCUT2D eigenvalue weighted by atomic mass is 9.86. The maximum Gasteiger partial charge on any atom is 0.0446 e. The first kappa shape index (κ1) is 15.2. The average molecular weight is 298 g/mol. The average Bonchev–Trinajstić information content (AvgIpc) is 2.42. The second-order valence-corrected chi connectivity index (χ2v) is 6.98. The van der Waals surface area contributed by atoms with Gasteiger partial charge in [0, 0.05) is 29.1 Å². The maximum atomic E-state index is 6.15. The van der Waals surface area contributed by atoms with Crippen molar-refractivity contribution in [2.75, 3.05) is 12.3 Å². The summed E-state index contributed by atoms with van der Waals surface area (Å²) < 4.78 is 0. The molecule has 0 bridgehead atoms. The topological polar surface area (TPSA) is 12.0 Å². The summed E-state index contributed by atoms with van der Waals surface area (Å²) in [7, 11) is 0. The van der Waals surface area contributed by atoms with Gasteiger partial charge in [0.1, 0.15) is 0 Å². The Labute approximate surface area is 126 Å². The molecule has 0 amide bonds. The summed E-state index contributed by atoms with van der Waals surface area (Å²) in [5.41, 5.74) is 1.25. The fourth-order valence-corrected chi connectivity index (χ4v) is 3.89. The largest absolute Gasteiger partial charge is 0.313 e. The number of rotatable bonds is 6. The Hall–Kier alpha value is -0.180. The fourth-order valence-electron chi connectivity index (χ4n) is 2.73. The lowest BCUT2D eigenvalue weighted by Gasteiger charge is -2.29. The molecule has 106 valence electrons. The first-order valence-electron chi connectivity index (χ1n) is 7.32. The van der Waals surface area contributed by atoms with Crippen molar-refractivity contribution in [1.82, 2.24) is 5.32 Å². The molecule has 3 heteroatoms. The predicted molar refractivity (Wildman–Crippen MR) is 87.0 cm³/mol. The summed E-state index contributed by atoms with van der Waals surface area (Å²) in [6, 6.07) is 8.88. The monoisotopic (exact) mass is 297 g/mol. The Balaban J connectivity index is 1.61. The molecule has 1 aliphatic carbocycles. The number of benzene rings is 1. The van der Waals surface area contributed by atoms with Crippen LogP contribution in [0.25, 0.3) is 0 Å². The van der Waals surface area contributed by atoms with Gasteiger partial charge in [-0.3, -0.25) is 0 Å². The van der Waals surface area contributed by atoms with E-state index in [1.54, 1.807) is 0 Å². The lowest BCUT2D eigenvalue weighted by Crippen LogP contribution is -2.38. The molecule has 0 aromatic heterocycles. The van der Waals surface area contributed by atoms with E-state index in [0.29, 0.717) is 0 Å². The Morgan fingerprint density at radius 2 is 2.05 bits per heavy atom. The fraction of sp³-hybridized carbons (Fsp3) is 0.625. The molecule has 0 heterocycles. The van der Waals surface area contributed by atoms with Gasteiger partial charge in [-0.15, -0.1) is 0 Å². The maximum absolute atomic E-state index is 6.15. The first-order chi connectivity index (χ1) is 9.27. The standard InChI is InChI=1S/C16H24ClNS/c1-13-6-2-5-9-16(13)18-10-11-19-12-14-7-3-4-8-15(14)17/h3-4,7-8,13,16,18H,2,5-6,9-12H2,1H3. The van der Waals surface area contributed by atoms with Gasteiger partial charge >= 0.3 is 0 Å². The van der Waals surface area contributed by atoms with Crippen molar-refractivity contribution in [2.45, 2.75) is 44.4 Å². The van der Waals surface area contributed by atoms with E-state index in [9.17, 15) is 0 Å². The van der Waals surface area contributed by atoms with Crippen LogP contribution in [-0.4, -0.2) is 18.3 Å². The lowest BCUT2D eigenvalue weighted by molar-refractivity contribution is 0.285. The van der Waals surface area contributed by atoms with Gasteiger partial charge in [-0.05, 0) is 30.4 Å². The number of halogens is 1.